The molecule has 74 valence electrons. The topological polar surface area (TPSA) is 39.2 Å². The smallest absolute Gasteiger partial charge is 0.345 e. The van der Waals surface area contributed by atoms with E-state index in [2.05, 4.69) is 20.9 Å². The second kappa shape index (κ2) is 5.54. The molecule has 0 aromatic carbocycles. The highest BCUT2D eigenvalue weighted by molar-refractivity contribution is 9.12. The Bertz CT molecular complexity index is 335. The third-order valence-corrected chi connectivity index (χ3v) is 2.02. The molecule has 3 nitrogen and oxygen atoms in total. The van der Waals surface area contributed by atoms with Gasteiger partial charge in [0.15, 0.2) is 0 Å². The van der Waals surface area contributed by atoms with E-state index >= 15 is 0 Å². The van der Waals surface area contributed by atoms with E-state index in [4.69, 9.17) is 4.74 Å². The van der Waals surface area contributed by atoms with Crippen LogP contribution in [0.25, 0.3) is 6.08 Å². The summed E-state index contributed by atoms with van der Waals surface area (Å²) in [6.45, 7) is 2.14. The van der Waals surface area contributed by atoms with Gasteiger partial charge in [0.1, 0.15) is 4.48 Å². The first-order chi connectivity index (χ1) is 6.74. The second-order valence-electron chi connectivity index (χ2n) is 2.49. The molecule has 0 fully saturated rings. The van der Waals surface area contributed by atoms with Gasteiger partial charge >= 0.3 is 5.97 Å². The van der Waals surface area contributed by atoms with Crippen molar-refractivity contribution in [2.45, 2.75) is 6.92 Å². The fourth-order valence-electron chi connectivity index (χ4n) is 0.865. The maximum Gasteiger partial charge on any atom is 0.345 e. The van der Waals surface area contributed by atoms with Gasteiger partial charge in [-0.25, -0.2) is 4.79 Å². The summed E-state index contributed by atoms with van der Waals surface area (Å²) in [5.74, 6) is -0.357. The van der Waals surface area contributed by atoms with Gasteiger partial charge in [0.05, 0.1) is 6.61 Å². The lowest BCUT2D eigenvalue weighted by Crippen LogP contribution is -2.02. The van der Waals surface area contributed by atoms with E-state index < -0.39 is 0 Å². The largest absolute Gasteiger partial charge is 0.462 e. The first kappa shape index (κ1) is 10.9. The molecule has 0 aliphatic heterocycles. The Morgan fingerprint density at radius 3 is 2.79 bits per heavy atom. The summed E-state index contributed by atoms with van der Waals surface area (Å²) in [4.78, 5) is 15.1. The Morgan fingerprint density at radius 1 is 1.57 bits per heavy atom. The van der Waals surface area contributed by atoms with Gasteiger partial charge in [-0.15, -0.1) is 0 Å². The third kappa shape index (κ3) is 3.30. The lowest BCUT2D eigenvalue weighted by molar-refractivity contribution is -0.137. The van der Waals surface area contributed by atoms with Crippen molar-refractivity contribution in [1.82, 2.24) is 4.98 Å². The first-order valence-electron chi connectivity index (χ1n) is 4.18. The van der Waals surface area contributed by atoms with Crippen LogP contribution in [0.15, 0.2) is 29.0 Å². The molecule has 0 saturated carbocycles. The summed E-state index contributed by atoms with van der Waals surface area (Å²) in [7, 11) is 0. The predicted octanol–water partition coefficient (Wildman–Crippen LogP) is 2.38. The molecule has 0 saturated heterocycles. The molecule has 0 aliphatic rings. The molecule has 0 radical (unpaired) electrons. The number of rotatable bonds is 3. The van der Waals surface area contributed by atoms with Crippen LogP contribution in [0.3, 0.4) is 0 Å². The number of carbonyl (C=O) groups excluding carboxylic acids is 1. The Balaban J connectivity index is 2.74. The molecule has 0 amide bonds. The summed E-state index contributed by atoms with van der Waals surface area (Å²) in [5, 5.41) is 0. The van der Waals surface area contributed by atoms with Crippen LogP contribution in [0, 0.1) is 0 Å². The van der Waals surface area contributed by atoms with Crippen LogP contribution in [0.5, 0.6) is 0 Å². The van der Waals surface area contributed by atoms with Crippen molar-refractivity contribution in [3.05, 3.63) is 34.6 Å². The predicted molar refractivity (Wildman–Crippen MR) is 57.8 cm³/mol. The Kier molecular flexibility index (Phi) is 4.32. The summed E-state index contributed by atoms with van der Waals surface area (Å²) in [6.07, 6.45) is 5.02. The van der Waals surface area contributed by atoms with E-state index in [0.717, 1.165) is 5.56 Å². The number of pyridine rings is 1. The zero-order valence-corrected chi connectivity index (χ0v) is 9.32. The van der Waals surface area contributed by atoms with Crippen LogP contribution >= 0.6 is 15.9 Å². The molecule has 4 heteroatoms. The molecule has 1 aromatic rings. The van der Waals surface area contributed by atoms with Gasteiger partial charge in [-0.05, 0) is 46.6 Å². The van der Waals surface area contributed by atoms with Gasteiger partial charge in [-0.2, -0.15) is 0 Å². The zero-order chi connectivity index (χ0) is 10.4. The number of nitrogens with zero attached hydrogens (tertiary/aromatic N) is 1. The normalized spacial score (nSPS) is 11.1. The Hall–Kier alpha value is -1.16. The van der Waals surface area contributed by atoms with E-state index in [1.807, 2.05) is 0 Å². The number of hydrogen-bond acceptors (Lipinski definition) is 3. The van der Waals surface area contributed by atoms with Gasteiger partial charge in [0, 0.05) is 12.4 Å². The summed E-state index contributed by atoms with van der Waals surface area (Å²) in [5.41, 5.74) is 0.903. The quantitative estimate of drug-likeness (QED) is 0.615. The van der Waals surface area contributed by atoms with Crippen LogP contribution in [-0.2, 0) is 9.53 Å². The molecule has 1 rings (SSSR count). The van der Waals surface area contributed by atoms with Crippen molar-refractivity contribution >= 4 is 28.0 Å². The average molecular weight is 256 g/mol. The van der Waals surface area contributed by atoms with Crippen LogP contribution < -0.4 is 0 Å². The third-order valence-electron chi connectivity index (χ3n) is 1.47. The van der Waals surface area contributed by atoms with Gasteiger partial charge in [0.2, 0.25) is 0 Å². The molecule has 1 heterocycles. The van der Waals surface area contributed by atoms with Crippen molar-refractivity contribution in [3.8, 4) is 0 Å². The fraction of sp³-hybridized carbons (Fsp3) is 0.200. The SMILES string of the molecule is CCOC(=O)C(Br)=Cc1ccncc1. The van der Waals surface area contributed by atoms with Crippen molar-refractivity contribution in [1.29, 1.82) is 0 Å². The van der Waals surface area contributed by atoms with Crippen LogP contribution in [0.4, 0.5) is 0 Å². The lowest BCUT2D eigenvalue weighted by Gasteiger charge is -1.99. The molecule has 0 unspecified atom stereocenters. The minimum atomic E-state index is -0.357. The molecule has 0 bridgehead atoms. The minimum Gasteiger partial charge on any atom is -0.462 e. The zero-order valence-electron chi connectivity index (χ0n) is 7.74. The van der Waals surface area contributed by atoms with Gasteiger partial charge < -0.3 is 4.74 Å². The number of ether oxygens (including phenoxy) is 1. The molecular weight excluding hydrogens is 246 g/mol. The van der Waals surface area contributed by atoms with E-state index in [-0.39, 0.29) is 5.97 Å². The van der Waals surface area contributed by atoms with E-state index in [1.54, 1.807) is 37.5 Å². The highest BCUT2D eigenvalue weighted by Gasteiger charge is 2.05. The fourth-order valence-corrected chi connectivity index (χ4v) is 1.24. The van der Waals surface area contributed by atoms with Gasteiger partial charge in [0.25, 0.3) is 0 Å². The first-order valence-corrected chi connectivity index (χ1v) is 4.97. The molecule has 0 N–H and O–H groups in total. The van der Waals surface area contributed by atoms with Crippen LogP contribution in [0.1, 0.15) is 12.5 Å². The summed E-state index contributed by atoms with van der Waals surface area (Å²) in [6, 6.07) is 3.61. The second-order valence-corrected chi connectivity index (χ2v) is 3.35. The lowest BCUT2D eigenvalue weighted by atomic mass is 10.2. The van der Waals surface area contributed by atoms with Crippen molar-refractivity contribution in [3.63, 3.8) is 0 Å². The van der Waals surface area contributed by atoms with E-state index in [1.165, 1.54) is 0 Å². The van der Waals surface area contributed by atoms with Gasteiger partial charge in [-0.3, -0.25) is 4.98 Å². The monoisotopic (exact) mass is 255 g/mol. The number of aromatic nitrogens is 1. The standard InChI is InChI=1S/C10H10BrNO2/c1-2-14-10(13)9(11)7-8-3-5-12-6-4-8/h3-7H,2H2,1H3. The number of esters is 1. The number of halogens is 1. The summed E-state index contributed by atoms with van der Waals surface area (Å²) < 4.78 is 5.21. The van der Waals surface area contributed by atoms with Gasteiger partial charge in [-0.1, -0.05) is 0 Å². The molecule has 0 spiro atoms. The minimum absolute atomic E-state index is 0.357. The van der Waals surface area contributed by atoms with Crippen molar-refractivity contribution < 1.29 is 9.53 Å². The van der Waals surface area contributed by atoms with Crippen molar-refractivity contribution in [2.75, 3.05) is 6.61 Å². The number of hydrogen-bond donors (Lipinski definition) is 0. The maximum absolute atomic E-state index is 11.2. The molecule has 1 aromatic heterocycles. The highest BCUT2D eigenvalue weighted by atomic mass is 79.9. The molecule has 0 atom stereocenters. The van der Waals surface area contributed by atoms with E-state index in [0.29, 0.717) is 11.1 Å². The summed E-state index contributed by atoms with van der Waals surface area (Å²) >= 11 is 3.15. The van der Waals surface area contributed by atoms with E-state index in [9.17, 15) is 4.79 Å². The average Bonchev–Trinajstić information content (AvgIpc) is 2.19. The maximum atomic E-state index is 11.2. The molecule has 14 heavy (non-hydrogen) atoms. The molecule has 0 aliphatic carbocycles. The highest BCUT2D eigenvalue weighted by Crippen LogP contribution is 2.12. The Labute approximate surface area is 90.9 Å². The number of carbonyl (C=O) groups is 1. The van der Waals surface area contributed by atoms with Crippen molar-refractivity contribution in [2.24, 2.45) is 0 Å². The Morgan fingerprint density at radius 2 is 2.21 bits per heavy atom. The van der Waals surface area contributed by atoms with Crippen LogP contribution in [-0.4, -0.2) is 17.6 Å². The van der Waals surface area contributed by atoms with Crippen LogP contribution in [0.2, 0.25) is 0 Å². The molecular formula is C10H10BrNO2.